The Bertz CT molecular complexity index is 155. The van der Waals surface area contributed by atoms with Crippen molar-refractivity contribution in [3.05, 3.63) is 0 Å². The van der Waals surface area contributed by atoms with E-state index in [9.17, 15) is 0 Å². The minimum atomic E-state index is 0.0355. The Hall–Kier alpha value is -0.120. The molecule has 0 aliphatic heterocycles. The molecule has 78 valence electrons. The van der Waals surface area contributed by atoms with Gasteiger partial charge in [0.2, 0.25) is 0 Å². The molecule has 0 aromatic carbocycles. The molecule has 1 saturated carbocycles. The predicted octanol–water partition coefficient (Wildman–Crippen LogP) is 0.570. The molecule has 0 radical (unpaired) electrons. The molecule has 0 atom stereocenters. The van der Waals surface area contributed by atoms with Crippen LogP contribution in [0.1, 0.15) is 33.1 Å². The van der Waals surface area contributed by atoms with Gasteiger partial charge in [0.15, 0.2) is 0 Å². The third kappa shape index (κ3) is 2.42. The maximum absolute atomic E-state index is 8.98. The Morgan fingerprint density at radius 3 is 2.38 bits per heavy atom. The van der Waals surface area contributed by atoms with Gasteiger partial charge in [-0.2, -0.15) is 0 Å². The summed E-state index contributed by atoms with van der Waals surface area (Å²) in [5, 5.41) is 8.98. The van der Waals surface area contributed by atoms with Crippen LogP contribution < -0.4 is 5.73 Å². The molecule has 1 fully saturated rings. The van der Waals surface area contributed by atoms with Crippen molar-refractivity contribution in [2.75, 3.05) is 19.7 Å². The molecule has 0 unspecified atom stereocenters. The maximum Gasteiger partial charge on any atom is 0.0558 e. The first-order chi connectivity index (χ1) is 6.11. The molecule has 1 rings (SSSR count). The van der Waals surface area contributed by atoms with E-state index >= 15 is 0 Å². The van der Waals surface area contributed by atoms with Crippen LogP contribution in [0.25, 0.3) is 0 Å². The summed E-state index contributed by atoms with van der Waals surface area (Å²) in [5.41, 5.74) is 5.77. The van der Waals surface area contributed by atoms with E-state index in [1.54, 1.807) is 0 Å². The van der Waals surface area contributed by atoms with Crippen molar-refractivity contribution < 1.29 is 5.11 Å². The Morgan fingerprint density at radius 2 is 2.08 bits per heavy atom. The lowest BCUT2D eigenvalue weighted by molar-refractivity contribution is 0.0195. The SMILES string of the molecule is CC(C)(CN)N(CCO)C1CCC1. The summed E-state index contributed by atoms with van der Waals surface area (Å²) in [7, 11) is 0. The monoisotopic (exact) mass is 186 g/mol. The van der Waals surface area contributed by atoms with Gasteiger partial charge < -0.3 is 10.8 Å². The van der Waals surface area contributed by atoms with Crippen LogP contribution in [0.3, 0.4) is 0 Å². The summed E-state index contributed by atoms with van der Waals surface area (Å²) in [6.07, 6.45) is 3.86. The highest BCUT2D eigenvalue weighted by Crippen LogP contribution is 2.29. The smallest absolute Gasteiger partial charge is 0.0558 e. The van der Waals surface area contributed by atoms with Gasteiger partial charge in [-0.3, -0.25) is 4.90 Å². The fourth-order valence-electron chi connectivity index (χ4n) is 1.90. The van der Waals surface area contributed by atoms with Gasteiger partial charge in [0.05, 0.1) is 6.61 Å². The first-order valence-electron chi connectivity index (χ1n) is 5.19. The first-order valence-corrected chi connectivity index (χ1v) is 5.19. The van der Waals surface area contributed by atoms with Gasteiger partial charge in [0, 0.05) is 24.7 Å². The van der Waals surface area contributed by atoms with E-state index in [4.69, 9.17) is 10.8 Å². The number of aliphatic hydroxyl groups is 1. The highest BCUT2D eigenvalue weighted by molar-refractivity contribution is 4.90. The number of hydrogen-bond donors (Lipinski definition) is 2. The second kappa shape index (κ2) is 4.40. The molecule has 0 heterocycles. The molecule has 1 aliphatic carbocycles. The third-order valence-corrected chi connectivity index (χ3v) is 3.13. The molecule has 3 nitrogen and oxygen atoms in total. The minimum absolute atomic E-state index is 0.0355. The van der Waals surface area contributed by atoms with Crippen molar-refractivity contribution in [3.8, 4) is 0 Å². The van der Waals surface area contributed by atoms with Crippen LogP contribution in [0.4, 0.5) is 0 Å². The van der Waals surface area contributed by atoms with Gasteiger partial charge in [0.25, 0.3) is 0 Å². The van der Waals surface area contributed by atoms with Crippen LogP contribution >= 0.6 is 0 Å². The van der Waals surface area contributed by atoms with Gasteiger partial charge in [-0.05, 0) is 26.7 Å². The quantitative estimate of drug-likeness (QED) is 0.660. The molecule has 13 heavy (non-hydrogen) atoms. The summed E-state index contributed by atoms with van der Waals surface area (Å²) in [4.78, 5) is 2.36. The first kappa shape index (κ1) is 11.0. The zero-order valence-electron chi connectivity index (χ0n) is 8.79. The predicted molar refractivity (Wildman–Crippen MR) is 54.6 cm³/mol. The highest BCUT2D eigenvalue weighted by atomic mass is 16.3. The Balaban J connectivity index is 2.54. The second-order valence-corrected chi connectivity index (χ2v) is 4.52. The van der Waals surface area contributed by atoms with Crippen molar-refractivity contribution in [2.45, 2.75) is 44.7 Å². The third-order valence-electron chi connectivity index (χ3n) is 3.13. The van der Waals surface area contributed by atoms with Crippen molar-refractivity contribution in [1.29, 1.82) is 0 Å². The molecule has 0 amide bonds. The summed E-state index contributed by atoms with van der Waals surface area (Å²) in [6.45, 7) is 5.96. The lowest BCUT2D eigenvalue weighted by Gasteiger charge is -2.46. The van der Waals surface area contributed by atoms with Crippen LogP contribution in [-0.2, 0) is 0 Å². The van der Waals surface area contributed by atoms with E-state index in [0.29, 0.717) is 12.6 Å². The van der Waals surface area contributed by atoms with Gasteiger partial charge in [0.1, 0.15) is 0 Å². The Morgan fingerprint density at radius 1 is 1.46 bits per heavy atom. The van der Waals surface area contributed by atoms with E-state index < -0.39 is 0 Å². The lowest BCUT2D eigenvalue weighted by Crippen LogP contribution is -2.56. The van der Waals surface area contributed by atoms with Crippen LogP contribution in [0, 0.1) is 0 Å². The fourth-order valence-corrected chi connectivity index (χ4v) is 1.90. The molecule has 0 spiro atoms. The summed E-state index contributed by atoms with van der Waals surface area (Å²) < 4.78 is 0. The Kier molecular flexibility index (Phi) is 3.71. The van der Waals surface area contributed by atoms with Gasteiger partial charge in [-0.25, -0.2) is 0 Å². The van der Waals surface area contributed by atoms with Crippen LogP contribution in [0.2, 0.25) is 0 Å². The zero-order chi connectivity index (χ0) is 9.90. The normalized spacial score (nSPS) is 19.2. The van der Waals surface area contributed by atoms with E-state index in [2.05, 4.69) is 18.7 Å². The molecule has 3 heteroatoms. The van der Waals surface area contributed by atoms with Crippen LogP contribution in [-0.4, -0.2) is 41.3 Å². The molecule has 0 aromatic rings. The van der Waals surface area contributed by atoms with Gasteiger partial charge >= 0.3 is 0 Å². The van der Waals surface area contributed by atoms with E-state index in [1.165, 1.54) is 19.3 Å². The van der Waals surface area contributed by atoms with Crippen LogP contribution in [0.15, 0.2) is 0 Å². The van der Waals surface area contributed by atoms with Gasteiger partial charge in [-0.1, -0.05) is 6.42 Å². The van der Waals surface area contributed by atoms with E-state index in [1.807, 2.05) is 0 Å². The highest BCUT2D eigenvalue weighted by Gasteiger charge is 2.33. The average molecular weight is 186 g/mol. The maximum atomic E-state index is 8.98. The molecule has 0 saturated heterocycles. The number of rotatable bonds is 5. The van der Waals surface area contributed by atoms with Crippen molar-refractivity contribution >= 4 is 0 Å². The molecule has 1 aliphatic rings. The van der Waals surface area contributed by atoms with E-state index in [0.717, 1.165) is 6.54 Å². The largest absolute Gasteiger partial charge is 0.395 e. The number of β-amino-alcohol motifs (C(OH)–C–C–N with tert-alkyl or cyclic N) is 1. The summed E-state index contributed by atoms with van der Waals surface area (Å²) in [6, 6.07) is 0.658. The summed E-state index contributed by atoms with van der Waals surface area (Å²) >= 11 is 0. The molecule has 3 N–H and O–H groups in total. The van der Waals surface area contributed by atoms with Gasteiger partial charge in [-0.15, -0.1) is 0 Å². The number of nitrogens with two attached hydrogens (primary N) is 1. The lowest BCUT2D eigenvalue weighted by atomic mass is 9.87. The molecular formula is C10H22N2O. The second-order valence-electron chi connectivity index (χ2n) is 4.52. The molecular weight excluding hydrogens is 164 g/mol. The standard InChI is InChI=1S/C10H22N2O/c1-10(2,8-11)12(6-7-13)9-4-3-5-9/h9,13H,3-8,11H2,1-2H3. The van der Waals surface area contributed by atoms with Crippen LogP contribution in [0.5, 0.6) is 0 Å². The average Bonchev–Trinajstić information content (AvgIpc) is 2.00. The van der Waals surface area contributed by atoms with Crippen molar-refractivity contribution in [1.82, 2.24) is 4.90 Å². The minimum Gasteiger partial charge on any atom is -0.395 e. The van der Waals surface area contributed by atoms with E-state index in [-0.39, 0.29) is 12.1 Å². The number of hydrogen-bond acceptors (Lipinski definition) is 3. The molecule has 0 bridgehead atoms. The zero-order valence-corrected chi connectivity index (χ0v) is 8.79. The number of aliphatic hydroxyl groups excluding tert-OH is 1. The Labute approximate surface area is 80.9 Å². The summed E-state index contributed by atoms with van der Waals surface area (Å²) in [5.74, 6) is 0. The van der Waals surface area contributed by atoms with Crippen molar-refractivity contribution in [3.63, 3.8) is 0 Å². The number of nitrogens with zero attached hydrogens (tertiary/aromatic N) is 1. The fraction of sp³-hybridized carbons (Fsp3) is 1.00. The topological polar surface area (TPSA) is 49.5 Å². The van der Waals surface area contributed by atoms with Crippen molar-refractivity contribution in [2.24, 2.45) is 5.73 Å². The molecule has 0 aromatic heterocycles.